The van der Waals surface area contributed by atoms with Gasteiger partial charge in [-0.3, -0.25) is 0 Å². The van der Waals surface area contributed by atoms with Gasteiger partial charge in [0.1, 0.15) is 5.75 Å². The lowest BCUT2D eigenvalue weighted by molar-refractivity contribution is 0.0526. The molecule has 3 unspecified atom stereocenters. The lowest BCUT2D eigenvalue weighted by atomic mass is 9.93. The Kier molecular flexibility index (Phi) is 10.9. The highest BCUT2D eigenvalue weighted by Gasteiger charge is 2.29. The normalized spacial score (nSPS) is 12.6. The van der Waals surface area contributed by atoms with Crippen molar-refractivity contribution >= 4 is 35.0 Å². The van der Waals surface area contributed by atoms with Crippen molar-refractivity contribution in [2.45, 2.75) is 25.9 Å². The van der Waals surface area contributed by atoms with Crippen LogP contribution in [0.2, 0.25) is 0 Å². The minimum Gasteiger partial charge on any atom is -0.462 e. The molecule has 4 N–H and O–H groups in total. The molecule has 4 aromatic rings. The Morgan fingerprint density at radius 1 is 0.744 bits per heavy atom. The number of amides is 4. The minimum atomic E-state index is -2.18. The second-order valence-electron chi connectivity index (χ2n) is 9.38. The number of benzene rings is 4. The molecule has 0 aliphatic heterocycles. The number of hydrogen-bond donors (Lipinski definition) is 4. The quantitative estimate of drug-likeness (QED) is 0.162. The maximum atomic E-state index is 13.3. The predicted molar refractivity (Wildman–Crippen MR) is 165 cm³/mol. The monoisotopic (exact) mass is 600 g/mol. The van der Waals surface area contributed by atoms with Crippen molar-refractivity contribution in [2.24, 2.45) is 0 Å². The van der Waals surface area contributed by atoms with Gasteiger partial charge in [0.25, 0.3) is 0 Å². The number of urea groups is 2. The molecule has 222 valence electrons. The van der Waals surface area contributed by atoms with Gasteiger partial charge in [-0.1, -0.05) is 84.4 Å². The second kappa shape index (κ2) is 15.2. The van der Waals surface area contributed by atoms with Gasteiger partial charge in [-0.05, 0) is 55.3 Å². The van der Waals surface area contributed by atoms with E-state index >= 15 is 0 Å². The van der Waals surface area contributed by atoms with E-state index in [1.54, 1.807) is 49.4 Å². The SMILES string of the molecule is CCOC(=O)c1cccc(NC(=O)NC(c2ccccc2)C(NC(=O)NS(=O)Oc2ccc(C)cc2)c2ccccc2)c1. The number of esters is 1. The van der Waals surface area contributed by atoms with Gasteiger partial charge >= 0.3 is 29.3 Å². The van der Waals surface area contributed by atoms with Gasteiger partial charge in [0.15, 0.2) is 0 Å². The van der Waals surface area contributed by atoms with Crippen LogP contribution in [0.25, 0.3) is 0 Å². The van der Waals surface area contributed by atoms with Crippen molar-refractivity contribution in [3.05, 3.63) is 131 Å². The van der Waals surface area contributed by atoms with E-state index in [1.807, 2.05) is 67.6 Å². The topological polar surface area (TPSA) is 135 Å². The Morgan fingerprint density at radius 2 is 1.33 bits per heavy atom. The van der Waals surface area contributed by atoms with Crippen LogP contribution < -0.4 is 24.9 Å². The molecule has 4 aromatic carbocycles. The number of hydrogen-bond acceptors (Lipinski definition) is 6. The summed E-state index contributed by atoms with van der Waals surface area (Å²) in [7, 11) is 0. The van der Waals surface area contributed by atoms with Crippen LogP contribution in [-0.4, -0.2) is 28.8 Å². The van der Waals surface area contributed by atoms with E-state index in [0.29, 0.717) is 28.1 Å². The predicted octanol–water partition coefficient (Wildman–Crippen LogP) is 5.73. The van der Waals surface area contributed by atoms with Gasteiger partial charge in [-0.2, -0.15) is 4.21 Å². The molecule has 0 heterocycles. The van der Waals surface area contributed by atoms with E-state index in [1.165, 1.54) is 6.07 Å². The first-order chi connectivity index (χ1) is 20.8. The summed E-state index contributed by atoms with van der Waals surface area (Å²) >= 11 is -2.18. The van der Waals surface area contributed by atoms with Crippen LogP contribution in [0.3, 0.4) is 0 Å². The van der Waals surface area contributed by atoms with Gasteiger partial charge in [-0.25, -0.2) is 19.1 Å². The summed E-state index contributed by atoms with van der Waals surface area (Å²) in [5.41, 5.74) is 3.05. The van der Waals surface area contributed by atoms with Gasteiger partial charge in [0, 0.05) is 5.69 Å². The van der Waals surface area contributed by atoms with E-state index in [9.17, 15) is 18.6 Å². The van der Waals surface area contributed by atoms with Crippen molar-refractivity contribution in [1.29, 1.82) is 0 Å². The number of ether oxygens (including phenoxy) is 1. The van der Waals surface area contributed by atoms with Crippen LogP contribution in [-0.2, 0) is 16.0 Å². The Bertz CT molecular complexity index is 1550. The third kappa shape index (κ3) is 9.17. The number of aryl methyl sites for hydroxylation is 1. The average Bonchev–Trinajstić information content (AvgIpc) is 3.01. The fourth-order valence-corrected chi connectivity index (χ4v) is 4.77. The van der Waals surface area contributed by atoms with Crippen LogP contribution in [0.4, 0.5) is 15.3 Å². The zero-order valence-electron chi connectivity index (χ0n) is 23.6. The standard InChI is InChI=1S/C32H32N4O6S/c1-3-41-30(37)25-15-10-16-26(21-25)33-31(38)34-28(23-11-6-4-7-12-23)29(24-13-8-5-9-14-24)35-32(39)36-43(40)42-27-19-17-22(2)18-20-27/h4-21,28-29H,3H2,1-2H3,(H2,33,34,38)(H2,35,36,39). The van der Waals surface area contributed by atoms with E-state index in [4.69, 9.17) is 8.92 Å². The van der Waals surface area contributed by atoms with Crippen molar-refractivity contribution in [3.63, 3.8) is 0 Å². The molecule has 0 aromatic heterocycles. The van der Waals surface area contributed by atoms with Crippen molar-refractivity contribution in [2.75, 3.05) is 11.9 Å². The van der Waals surface area contributed by atoms with E-state index in [-0.39, 0.29) is 6.61 Å². The highest BCUT2D eigenvalue weighted by atomic mass is 32.2. The zero-order chi connectivity index (χ0) is 30.6. The molecule has 0 aliphatic rings. The Hall–Kier alpha value is -5.16. The first kappa shape index (κ1) is 30.8. The molecule has 3 atom stereocenters. The number of nitrogens with one attached hydrogen (secondary N) is 4. The fourth-order valence-electron chi connectivity index (χ4n) is 4.23. The summed E-state index contributed by atoms with van der Waals surface area (Å²) in [6.45, 7) is 3.85. The summed E-state index contributed by atoms with van der Waals surface area (Å²) in [6, 6.07) is 28.5. The third-order valence-corrected chi connectivity index (χ3v) is 6.92. The first-order valence-corrected chi connectivity index (χ1v) is 14.6. The fraction of sp³-hybridized carbons (Fsp3) is 0.156. The number of carbonyl (C=O) groups is 3. The smallest absolute Gasteiger partial charge is 0.338 e. The van der Waals surface area contributed by atoms with Crippen LogP contribution >= 0.6 is 0 Å². The molecule has 0 saturated carbocycles. The van der Waals surface area contributed by atoms with Crippen LogP contribution in [0.15, 0.2) is 109 Å². The highest BCUT2D eigenvalue weighted by molar-refractivity contribution is 7.79. The molecule has 11 heteroatoms. The van der Waals surface area contributed by atoms with Crippen molar-refractivity contribution in [1.82, 2.24) is 15.4 Å². The van der Waals surface area contributed by atoms with Gasteiger partial charge < -0.3 is 24.9 Å². The van der Waals surface area contributed by atoms with Gasteiger partial charge in [-0.15, -0.1) is 0 Å². The number of carbonyl (C=O) groups excluding carboxylic acids is 3. The lowest BCUT2D eigenvalue weighted by Crippen LogP contribution is -2.46. The Labute approximate surface area is 252 Å². The Balaban J connectivity index is 1.55. The maximum absolute atomic E-state index is 13.3. The molecule has 0 spiro atoms. The molecule has 4 rings (SSSR count). The summed E-state index contributed by atoms with van der Waals surface area (Å²) in [5, 5.41) is 8.53. The zero-order valence-corrected chi connectivity index (χ0v) is 24.4. The van der Waals surface area contributed by atoms with E-state index in [2.05, 4.69) is 20.7 Å². The molecular formula is C32H32N4O6S. The largest absolute Gasteiger partial charge is 0.462 e. The third-order valence-electron chi connectivity index (χ3n) is 6.22. The average molecular weight is 601 g/mol. The molecule has 0 bridgehead atoms. The molecule has 4 amide bonds. The maximum Gasteiger partial charge on any atom is 0.338 e. The summed E-state index contributed by atoms with van der Waals surface area (Å²) < 4.78 is 25.2. The van der Waals surface area contributed by atoms with Crippen molar-refractivity contribution in [3.8, 4) is 5.75 Å². The van der Waals surface area contributed by atoms with Crippen molar-refractivity contribution < 1.29 is 27.5 Å². The number of rotatable bonds is 11. The minimum absolute atomic E-state index is 0.225. The Morgan fingerprint density at radius 3 is 1.91 bits per heavy atom. The van der Waals surface area contributed by atoms with Gasteiger partial charge in [0.2, 0.25) is 0 Å². The first-order valence-electron chi connectivity index (χ1n) is 13.5. The molecule has 0 radical (unpaired) electrons. The highest BCUT2D eigenvalue weighted by Crippen LogP contribution is 2.29. The van der Waals surface area contributed by atoms with Crippen LogP contribution in [0, 0.1) is 6.92 Å². The van der Waals surface area contributed by atoms with Gasteiger partial charge in [0.05, 0.1) is 24.3 Å². The summed E-state index contributed by atoms with van der Waals surface area (Å²) in [6.07, 6.45) is 0. The molecular weight excluding hydrogens is 568 g/mol. The molecule has 0 fully saturated rings. The molecule has 10 nitrogen and oxygen atoms in total. The van der Waals surface area contributed by atoms with Crippen LogP contribution in [0.1, 0.15) is 46.1 Å². The molecule has 0 saturated heterocycles. The van der Waals surface area contributed by atoms with Crippen LogP contribution in [0.5, 0.6) is 5.75 Å². The number of anilines is 1. The lowest BCUT2D eigenvalue weighted by Gasteiger charge is -2.30. The summed E-state index contributed by atoms with van der Waals surface area (Å²) in [5.74, 6) is -0.173. The molecule has 0 aliphatic carbocycles. The van der Waals surface area contributed by atoms with E-state index < -0.39 is 41.4 Å². The molecule has 43 heavy (non-hydrogen) atoms. The summed E-state index contributed by atoms with van der Waals surface area (Å²) in [4.78, 5) is 38.5. The second-order valence-corrected chi connectivity index (χ2v) is 10.2. The van der Waals surface area contributed by atoms with E-state index in [0.717, 1.165) is 5.56 Å².